The second-order valence-electron chi connectivity index (χ2n) is 5.38. The fourth-order valence-corrected chi connectivity index (χ4v) is 2.33. The van der Waals surface area contributed by atoms with E-state index in [1.54, 1.807) is 30.3 Å². The molecule has 0 fully saturated rings. The lowest BCUT2D eigenvalue weighted by Gasteiger charge is -2.14. The van der Waals surface area contributed by atoms with E-state index < -0.39 is 11.9 Å². The Morgan fingerprint density at radius 3 is 2.35 bits per heavy atom. The number of ketones is 1. The smallest absolute Gasteiger partial charge is 0.354 e. The van der Waals surface area contributed by atoms with Gasteiger partial charge in [0.15, 0.2) is 5.78 Å². The van der Waals surface area contributed by atoms with Gasteiger partial charge in [0, 0.05) is 16.8 Å². The third-order valence-corrected chi connectivity index (χ3v) is 3.65. The highest BCUT2D eigenvalue weighted by atomic mass is 16.5. The Morgan fingerprint density at radius 1 is 0.962 bits per heavy atom. The van der Waals surface area contributed by atoms with E-state index in [-0.39, 0.29) is 11.5 Å². The molecule has 2 aromatic rings. The number of carbonyl (C=O) groups excluding carboxylic acids is 3. The van der Waals surface area contributed by atoms with Crippen LogP contribution in [0.1, 0.15) is 17.3 Å². The number of hydrogen-bond donors (Lipinski definition) is 1. The molecule has 0 bridgehead atoms. The summed E-state index contributed by atoms with van der Waals surface area (Å²) in [7, 11) is 2.44. The van der Waals surface area contributed by atoms with E-state index in [0.29, 0.717) is 11.3 Å². The molecule has 0 aliphatic rings. The Morgan fingerprint density at radius 2 is 1.69 bits per heavy atom. The zero-order valence-electron chi connectivity index (χ0n) is 14.7. The summed E-state index contributed by atoms with van der Waals surface area (Å²) in [6, 6.07) is 14.4. The lowest BCUT2D eigenvalue weighted by molar-refractivity contribution is -0.138. The van der Waals surface area contributed by atoms with Crippen molar-refractivity contribution >= 4 is 23.4 Å². The van der Waals surface area contributed by atoms with Gasteiger partial charge in [-0.05, 0) is 24.6 Å². The number of anilines is 1. The summed E-state index contributed by atoms with van der Waals surface area (Å²) in [5, 5.41) is 2.91. The lowest BCUT2D eigenvalue weighted by Crippen LogP contribution is -2.15. The highest BCUT2D eigenvalue weighted by molar-refractivity contribution is 6.00. The van der Waals surface area contributed by atoms with Gasteiger partial charge in [-0.1, -0.05) is 36.4 Å². The molecule has 0 heterocycles. The summed E-state index contributed by atoms with van der Waals surface area (Å²) in [5.41, 5.74) is 2.65. The van der Waals surface area contributed by atoms with Crippen LogP contribution in [0, 0.1) is 0 Å². The van der Waals surface area contributed by atoms with Crippen LogP contribution < -0.4 is 5.32 Å². The van der Waals surface area contributed by atoms with Crippen LogP contribution in [-0.2, 0) is 19.1 Å². The fraction of sp³-hybridized carbons (Fsp3) is 0.150. The van der Waals surface area contributed by atoms with Crippen molar-refractivity contribution in [3.05, 3.63) is 65.9 Å². The van der Waals surface area contributed by atoms with Crippen molar-refractivity contribution in [2.45, 2.75) is 6.92 Å². The number of benzene rings is 2. The number of carbonyl (C=O) groups is 3. The van der Waals surface area contributed by atoms with Crippen LogP contribution in [0.15, 0.2) is 60.3 Å². The average molecular weight is 353 g/mol. The van der Waals surface area contributed by atoms with Crippen molar-refractivity contribution in [3.63, 3.8) is 0 Å². The molecule has 0 amide bonds. The molecule has 2 rings (SSSR count). The largest absolute Gasteiger partial charge is 0.466 e. The van der Waals surface area contributed by atoms with Gasteiger partial charge >= 0.3 is 11.9 Å². The Bertz CT molecular complexity index is 870. The molecule has 134 valence electrons. The molecule has 0 atom stereocenters. The summed E-state index contributed by atoms with van der Waals surface area (Å²) in [5.74, 6) is -1.44. The maximum absolute atomic E-state index is 12.0. The number of nitrogens with one attached hydrogen (secondary N) is 1. The van der Waals surface area contributed by atoms with Gasteiger partial charge in [0.25, 0.3) is 0 Å². The first-order chi connectivity index (χ1) is 12.5. The standard InChI is InChI=1S/C20H19NO5/c1-13(22)14-7-6-8-15(11-14)16-9-4-5-10-17(16)21-18(20(24)26-3)12-19(23)25-2/h4-12,21H,1-3H3/b18-12+. The molecule has 0 spiro atoms. The highest BCUT2D eigenvalue weighted by Crippen LogP contribution is 2.29. The topological polar surface area (TPSA) is 81.7 Å². The molecule has 2 aromatic carbocycles. The van der Waals surface area contributed by atoms with Crippen LogP contribution in [-0.4, -0.2) is 31.9 Å². The quantitative estimate of drug-likeness (QED) is 0.488. The summed E-state index contributed by atoms with van der Waals surface area (Å²) < 4.78 is 9.27. The molecule has 26 heavy (non-hydrogen) atoms. The lowest BCUT2D eigenvalue weighted by atomic mass is 10.00. The maximum atomic E-state index is 12.0. The Balaban J connectivity index is 2.47. The predicted molar refractivity (Wildman–Crippen MR) is 97.6 cm³/mol. The van der Waals surface area contributed by atoms with Crippen LogP contribution in [0.4, 0.5) is 5.69 Å². The van der Waals surface area contributed by atoms with E-state index in [1.165, 1.54) is 21.1 Å². The van der Waals surface area contributed by atoms with Gasteiger partial charge in [-0.2, -0.15) is 0 Å². The van der Waals surface area contributed by atoms with Crippen LogP contribution in [0.25, 0.3) is 11.1 Å². The number of methoxy groups -OCH3 is 2. The average Bonchev–Trinajstić information content (AvgIpc) is 2.67. The van der Waals surface area contributed by atoms with E-state index in [9.17, 15) is 14.4 Å². The van der Waals surface area contributed by atoms with E-state index in [2.05, 4.69) is 10.1 Å². The van der Waals surface area contributed by atoms with Crippen molar-refractivity contribution in [2.75, 3.05) is 19.5 Å². The molecule has 0 unspecified atom stereocenters. The van der Waals surface area contributed by atoms with Crippen molar-refractivity contribution < 1.29 is 23.9 Å². The van der Waals surface area contributed by atoms with Gasteiger partial charge in [0.05, 0.1) is 20.3 Å². The molecular weight excluding hydrogens is 334 g/mol. The Kier molecular flexibility index (Phi) is 6.27. The van der Waals surface area contributed by atoms with Crippen molar-refractivity contribution in [1.82, 2.24) is 0 Å². The SMILES string of the molecule is COC(=O)/C=C(/Nc1ccccc1-c1cccc(C(C)=O)c1)C(=O)OC. The van der Waals surface area contributed by atoms with Gasteiger partial charge in [-0.3, -0.25) is 4.79 Å². The number of Topliss-reactive ketones (excluding diaryl/α,β-unsaturated/α-hetero) is 1. The van der Waals surface area contributed by atoms with Gasteiger partial charge in [0.1, 0.15) is 5.70 Å². The van der Waals surface area contributed by atoms with Gasteiger partial charge < -0.3 is 14.8 Å². The van der Waals surface area contributed by atoms with Gasteiger partial charge in [-0.25, -0.2) is 9.59 Å². The second-order valence-corrected chi connectivity index (χ2v) is 5.38. The molecule has 6 heteroatoms. The van der Waals surface area contributed by atoms with Crippen LogP contribution in [0.2, 0.25) is 0 Å². The molecule has 1 N–H and O–H groups in total. The van der Waals surface area contributed by atoms with E-state index in [1.807, 2.05) is 18.2 Å². The first-order valence-corrected chi connectivity index (χ1v) is 7.81. The third-order valence-electron chi connectivity index (χ3n) is 3.65. The van der Waals surface area contributed by atoms with Gasteiger partial charge in [0.2, 0.25) is 0 Å². The summed E-state index contributed by atoms with van der Waals surface area (Å²) >= 11 is 0. The second kappa shape index (κ2) is 8.62. The number of rotatable bonds is 6. The minimum atomic E-state index is -0.706. The summed E-state index contributed by atoms with van der Waals surface area (Å²) in [6.45, 7) is 1.50. The van der Waals surface area contributed by atoms with E-state index in [4.69, 9.17) is 4.74 Å². The fourth-order valence-electron chi connectivity index (χ4n) is 2.33. The molecular formula is C20H19NO5. The first-order valence-electron chi connectivity index (χ1n) is 7.81. The normalized spacial score (nSPS) is 10.8. The molecule has 0 saturated heterocycles. The molecule has 0 aromatic heterocycles. The van der Waals surface area contributed by atoms with Crippen molar-refractivity contribution in [2.24, 2.45) is 0 Å². The number of ether oxygens (including phenoxy) is 2. The maximum Gasteiger partial charge on any atom is 0.354 e. The molecule has 0 aliphatic heterocycles. The van der Waals surface area contributed by atoms with Crippen LogP contribution >= 0.6 is 0 Å². The monoisotopic (exact) mass is 353 g/mol. The summed E-state index contributed by atoms with van der Waals surface area (Å²) in [4.78, 5) is 35.1. The molecule has 0 saturated carbocycles. The Labute approximate surface area is 151 Å². The van der Waals surface area contributed by atoms with E-state index >= 15 is 0 Å². The molecule has 0 radical (unpaired) electrons. The molecule has 6 nitrogen and oxygen atoms in total. The zero-order valence-corrected chi connectivity index (χ0v) is 14.7. The highest BCUT2D eigenvalue weighted by Gasteiger charge is 2.15. The van der Waals surface area contributed by atoms with E-state index in [0.717, 1.165) is 17.2 Å². The summed E-state index contributed by atoms with van der Waals surface area (Å²) in [6.07, 6.45) is 1.02. The van der Waals surface area contributed by atoms with Crippen molar-refractivity contribution in [3.8, 4) is 11.1 Å². The number of hydrogen-bond acceptors (Lipinski definition) is 6. The minimum Gasteiger partial charge on any atom is -0.466 e. The number of para-hydroxylation sites is 1. The first kappa shape index (κ1) is 18.9. The predicted octanol–water partition coefficient (Wildman–Crippen LogP) is 3.20. The van der Waals surface area contributed by atoms with Crippen LogP contribution in [0.3, 0.4) is 0 Å². The molecule has 0 aliphatic carbocycles. The van der Waals surface area contributed by atoms with Crippen LogP contribution in [0.5, 0.6) is 0 Å². The minimum absolute atomic E-state index is 0.0434. The van der Waals surface area contributed by atoms with Gasteiger partial charge in [-0.15, -0.1) is 0 Å². The Hall–Kier alpha value is -3.41. The third kappa shape index (κ3) is 4.57. The van der Waals surface area contributed by atoms with Crippen molar-refractivity contribution in [1.29, 1.82) is 0 Å². The zero-order chi connectivity index (χ0) is 19.1. The number of esters is 2.